The van der Waals surface area contributed by atoms with Gasteiger partial charge in [0.25, 0.3) is 0 Å². The van der Waals surface area contributed by atoms with Crippen LogP contribution in [0.1, 0.15) is 61.3 Å². The molecule has 0 fully saturated rings. The number of amides is 1. The maximum absolute atomic E-state index is 11.5. The summed E-state index contributed by atoms with van der Waals surface area (Å²) < 4.78 is 0. The number of hydrogen-bond donors (Lipinski definition) is 0. The molecule has 0 bridgehead atoms. The lowest BCUT2D eigenvalue weighted by Crippen LogP contribution is -2.37. The lowest BCUT2D eigenvalue weighted by molar-refractivity contribution is -0.131. The van der Waals surface area contributed by atoms with Gasteiger partial charge in [0.1, 0.15) is 0 Å². The molecular formula is C15H36N2O. The first-order valence-electron chi connectivity index (χ1n) is 7.61. The maximum Gasteiger partial charge on any atom is 0.222 e. The van der Waals surface area contributed by atoms with E-state index in [9.17, 15) is 4.79 Å². The van der Waals surface area contributed by atoms with E-state index in [1.165, 1.54) is 0 Å². The van der Waals surface area contributed by atoms with Crippen LogP contribution in [-0.2, 0) is 4.79 Å². The van der Waals surface area contributed by atoms with Gasteiger partial charge in [0, 0.05) is 26.1 Å². The predicted octanol–water partition coefficient (Wildman–Crippen LogP) is 3.64. The molecule has 0 rings (SSSR count). The molecule has 112 valence electrons. The van der Waals surface area contributed by atoms with Crippen LogP contribution in [0.5, 0.6) is 0 Å². The molecule has 0 aromatic heterocycles. The van der Waals surface area contributed by atoms with Crippen LogP contribution in [0, 0.1) is 0 Å². The first kappa shape index (κ1) is 22.6. The Morgan fingerprint density at radius 1 is 0.889 bits per heavy atom. The van der Waals surface area contributed by atoms with Gasteiger partial charge in [-0.1, -0.05) is 48.5 Å². The largest absolute Gasteiger partial charge is 0.341 e. The Balaban J connectivity index is -0.000000506. The Morgan fingerprint density at radius 3 is 1.72 bits per heavy atom. The van der Waals surface area contributed by atoms with E-state index in [-0.39, 0.29) is 5.91 Å². The van der Waals surface area contributed by atoms with E-state index in [4.69, 9.17) is 0 Å². The van der Waals surface area contributed by atoms with Gasteiger partial charge in [-0.25, -0.2) is 0 Å². The van der Waals surface area contributed by atoms with E-state index in [1.807, 2.05) is 39.5 Å². The smallest absolute Gasteiger partial charge is 0.222 e. The van der Waals surface area contributed by atoms with Crippen molar-refractivity contribution in [3.63, 3.8) is 0 Å². The van der Waals surface area contributed by atoms with Crippen LogP contribution in [0.25, 0.3) is 0 Å². The van der Waals surface area contributed by atoms with E-state index >= 15 is 0 Å². The molecule has 0 aromatic carbocycles. The zero-order valence-electron chi connectivity index (χ0n) is 14.0. The first-order chi connectivity index (χ1) is 8.65. The van der Waals surface area contributed by atoms with Crippen molar-refractivity contribution in [1.82, 2.24) is 9.80 Å². The Morgan fingerprint density at radius 2 is 1.39 bits per heavy atom. The van der Waals surface area contributed by atoms with Gasteiger partial charge in [-0.15, -0.1) is 0 Å². The van der Waals surface area contributed by atoms with Crippen LogP contribution in [0.4, 0.5) is 0 Å². The van der Waals surface area contributed by atoms with Crippen molar-refractivity contribution in [3.05, 3.63) is 0 Å². The summed E-state index contributed by atoms with van der Waals surface area (Å²) in [5.74, 6) is 0.274. The van der Waals surface area contributed by atoms with Crippen LogP contribution >= 0.6 is 0 Å². The Kier molecular flexibility index (Phi) is 23.6. The molecule has 0 saturated heterocycles. The standard InChI is InChI=1S/C11H24N2O.2C2H6/c1-5-8-13(11(14)6-2)10-9-12(4)7-3;2*1-2/h5-10H2,1-4H3;2*1-2H3. The molecule has 0 heterocycles. The minimum atomic E-state index is 0.274. The van der Waals surface area contributed by atoms with Gasteiger partial charge in [0.05, 0.1) is 0 Å². The van der Waals surface area contributed by atoms with Gasteiger partial charge in [0.2, 0.25) is 5.91 Å². The molecule has 0 aliphatic rings. The summed E-state index contributed by atoms with van der Waals surface area (Å²) in [5, 5.41) is 0. The summed E-state index contributed by atoms with van der Waals surface area (Å²) in [6, 6.07) is 0. The minimum Gasteiger partial charge on any atom is -0.341 e. The third-order valence-corrected chi connectivity index (χ3v) is 2.44. The second kappa shape index (κ2) is 18.8. The van der Waals surface area contributed by atoms with Crippen LogP contribution in [-0.4, -0.2) is 48.9 Å². The Hall–Kier alpha value is -0.570. The molecule has 1 amide bonds. The van der Waals surface area contributed by atoms with Crippen molar-refractivity contribution >= 4 is 5.91 Å². The molecule has 0 saturated carbocycles. The molecule has 3 heteroatoms. The molecule has 0 atom stereocenters. The van der Waals surface area contributed by atoms with Crippen molar-refractivity contribution in [1.29, 1.82) is 0 Å². The van der Waals surface area contributed by atoms with Gasteiger partial charge < -0.3 is 9.80 Å². The quantitative estimate of drug-likeness (QED) is 0.698. The minimum absolute atomic E-state index is 0.274. The highest BCUT2D eigenvalue weighted by atomic mass is 16.2. The van der Waals surface area contributed by atoms with Gasteiger partial charge in [0.15, 0.2) is 0 Å². The zero-order valence-corrected chi connectivity index (χ0v) is 14.0. The number of hydrogen-bond acceptors (Lipinski definition) is 2. The highest BCUT2D eigenvalue weighted by Gasteiger charge is 2.10. The van der Waals surface area contributed by atoms with Crippen LogP contribution < -0.4 is 0 Å². The average molecular weight is 260 g/mol. The predicted molar refractivity (Wildman–Crippen MR) is 83.0 cm³/mol. The number of carbonyl (C=O) groups is 1. The summed E-state index contributed by atoms with van der Waals surface area (Å²) in [7, 11) is 2.08. The molecule has 0 aliphatic heterocycles. The number of carbonyl (C=O) groups excluding carboxylic acids is 1. The summed E-state index contributed by atoms with van der Waals surface area (Å²) in [4.78, 5) is 15.7. The maximum atomic E-state index is 11.5. The van der Waals surface area contributed by atoms with Crippen LogP contribution in [0.15, 0.2) is 0 Å². The molecule has 0 spiro atoms. The number of likely N-dealkylation sites (N-methyl/N-ethyl adjacent to an activating group) is 1. The van der Waals surface area contributed by atoms with Gasteiger partial charge in [-0.3, -0.25) is 4.79 Å². The van der Waals surface area contributed by atoms with E-state index in [1.54, 1.807) is 0 Å². The topological polar surface area (TPSA) is 23.6 Å². The van der Waals surface area contributed by atoms with Crippen LogP contribution in [0.3, 0.4) is 0 Å². The molecule has 0 unspecified atom stereocenters. The molecule has 0 aliphatic carbocycles. The van der Waals surface area contributed by atoms with Crippen molar-refractivity contribution in [2.75, 3.05) is 33.2 Å². The van der Waals surface area contributed by atoms with Gasteiger partial charge >= 0.3 is 0 Å². The number of nitrogens with zero attached hydrogens (tertiary/aromatic N) is 2. The summed E-state index contributed by atoms with van der Waals surface area (Å²) >= 11 is 0. The molecule has 18 heavy (non-hydrogen) atoms. The van der Waals surface area contributed by atoms with Gasteiger partial charge in [-0.05, 0) is 20.0 Å². The third kappa shape index (κ3) is 13.5. The molecule has 3 nitrogen and oxygen atoms in total. The highest BCUT2D eigenvalue weighted by Crippen LogP contribution is 1.96. The fraction of sp³-hybridized carbons (Fsp3) is 0.933. The lowest BCUT2D eigenvalue weighted by atomic mass is 10.3. The zero-order chi connectivity index (χ0) is 15.0. The van der Waals surface area contributed by atoms with E-state index in [2.05, 4.69) is 25.8 Å². The molecule has 0 N–H and O–H groups in total. The lowest BCUT2D eigenvalue weighted by Gasteiger charge is -2.24. The average Bonchev–Trinajstić information content (AvgIpc) is 2.46. The van der Waals surface area contributed by atoms with Gasteiger partial charge in [-0.2, -0.15) is 0 Å². The second-order valence-corrected chi connectivity index (χ2v) is 3.63. The second-order valence-electron chi connectivity index (χ2n) is 3.63. The van der Waals surface area contributed by atoms with E-state index < -0.39 is 0 Å². The number of rotatable bonds is 7. The van der Waals surface area contributed by atoms with Crippen LogP contribution in [0.2, 0.25) is 0 Å². The van der Waals surface area contributed by atoms with E-state index in [0.717, 1.165) is 32.6 Å². The first-order valence-corrected chi connectivity index (χ1v) is 7.61. The fourth-order valence-corrected chi connectivity index (χ4v) is 1.30. The van der Waals surface area contributed by atoms with E-state index in [0.29, 0.717) is 6.42 Å². The van der Waals surface area contributed by atoms with Crippen molar-refractivity contribution in [2.45, 2.75) is 61.3 Å². The highest BCUT2D eigenvalue weighted by molar-refractivity contribution is 5.75. The Labute approximate surface area is 116 Å². The molecule has 0 aromatic rings. The molecular weight excluding hydrogens is 224 g/mol. The normalized spacial score (nSPS) is 8.94. The Bertz CT molecular complexity index is 161. The third-order valence-electron chi connectivity index (χ3n) is 2.44. The van der Waals surface area contributed by atoms with Crippen molar-refractivity contribution in [3.8, 4) is 0 Å². The fourth-order valence-electron chi connectivity index (χ4n) is 1.30. The SMILES string of the molecule is CC.CC.CCCN(CCN(C)CC)C(=O)CC. The summed E-state index contributed by atoms with van der Waals surface area (Å²) in [6.45, 7) is 17.9. The van der Waals surface area contributed by atoms with Crippen molar-refractivity contribution in [2.24, 2.45) is 0 Å². The monoisotopic (exact) mass is 260 g/mol. The summed E-state index contributed by atoms with van der Waals surface area (Å²) in [5.41, 5.74) is 0. The van der Waals surface area contributed by atoms with Crippen molar-refractivity contribution < 1.29 is 4.79 Å². The summed E-state index contributed by atoms with van der Waals surface area (Å²) in [6.07, 6.45) is 1.66. The molecule has 0 radical (unpaired) electrons.